The van der Waals surface area contributed by atoms with Crippen molar-refractivity contribution in [2.45, 2.75) is 18.6 Å². The standard InChI is InChI=1S/C10H11ClN2OS/c1-6-2-7(11)4-12-10(6)13-5-8(15)3-9(13)14/h2,4,8,15H,3,5H2,1H3. The van der Waals surface area contributed by atoms with Gasteiger partial charge < -0.3 is 0 Å². The molecule has 0 spiro atoms. The number of carbonyl (C=O) groups is 1. The van der Waals surface area contributed by atoms with Crippen LogP contribution in [-0.4, -0.2) is 22.7 Å². The number of aromatic nitrogens is 1. The Kier molecular flexibility index (Phi) is 2.89. The second kappa shape index (κ2) is 4.02. The number of amides is 1. The van der Waals surface area contributed by atoms with E-state index < -0.39 is 0 Å². The number of pyridine rings is 1. The fraction of sp³-hybridized carbons (Fsp3) is 0.400. The molecule has 1 atom stereocenters. The highest BCUT2D eigenvalue weighted by Gasteiger charge is 2.29. The second-order valence-corrected chi connectivity index (χ2v) is 4.82. The smallest absolute Gasteiger partial charge is 0.229 e. The van der Waals surface area contributed by atoms with Crippen molar-refractivity contribution in [2.75, 3.05) is 11.4 Å². The van der Waals surface area contributed by atoms with Gasteiger partial charge in [0.05, 0.1) is 5.02 Å². The second-order valence-electron chi connectivity index (χ2n) is 3.66. The van der Waals surface area contributed by atoms with Gasteiger partial charge in [0, 0.05) is 24.4 Å². The Hall–Kier alpha value is -0.740. The van der Waals surface area contributed by atoms with E-state index in [0.29, 0.717) is 23.8 Å². The first-order chi connectivity index (χ1) is 7.08. The van der Waals surface area contributed by atoms with Crippen molar-refractivity contribution in [3.05, 3.63) is 22.8 Å². The molecule has 2 rings (SSSR count). The molecule has 1 saturated heterocycles. The molecule has 0 aromatic carbocycles. The lowest BCUT2D eigenvalue weighted by molar-refractivity contribution is -0.117. The van der Waals surface area contributed by atoms with E-state index in [-0.39, 0.29) is 11.2 Å². The number of aryl methyl sites for hydroxylation is 1. The number of halogens is 1. The molecule has 1 aromatic rings. The van der Waals surface area contributed by atoms with Crippen LogP contribution in [-0.2, 0) is 4.79 Å². The van der Waals surface area contributed by atoms with Crippen LogP contribution >= 0.6 is 24.2 Å². The number of anilines is 1. The van der Waals surface area contributed by atoms with Crippen LogP contribution in [0.5, 0.6) is 0 Å². The third-order valence-electron chi connectivity index (χ3n) is 2.38. The molecule has 5 heteroatoms. The van der Waals surface area contributed by atoms with E-state index in [0.717, 1.165) is 5.56 Å². The van der Waals surface area contributed by atoms with E-state index >= 15 is 0 Å². The maximum Gasteiger partial charge on any atom is 0.229 e. The molecule has 0 saturated carbocycles. The Balaban J connectivity index is 2.34. The summed E-state index contributed by atoms with van der Waals surface area (Å²) in [6.07, 6.45) is 2.04. The SMILES string of the molecule is Cc1cc(Cl)cnc1N1CC(S)CC1=O. The molecule has 1 fully saturated rings. The molecular formula is C10H11ClN2OS. The number of hydrogen-bond acceptors (Lipinski definition) is 3. The lowest BCUT2D eigenvalue weighted by atomic mass is 10.3. The first-order valence-electron chi connectivity index (χ1n) is 4.68. The van der Waals surface area contributed by atoms with Crippen LogP contribution in [0.4, 0.5) is 5.82 Å². The predicted octanol–water partition coefficient (Wildman–Crippen LogP) is 2.08. The van der Waals surface area contributed by atoms with Gasteiger partial charge in [0.1, 0.15) is 5.82 Å². The van der Waals surface area contributed by atoms with Crippen LogP contribution in [0.15, 0.2) is 12.3 Å². The molecule has 1 aliphatic rings. The van der Waals surface area contributed by atoms with Crippen LogP contribution < -0.4 is 4.90 Å². The normalized spacial score (nSPS) is 21.1. The molecule has 0 radical (unpaired) electrons. The van der Waals surface area contributed by atoms with Crippen LogP contribution in [0.25, 0.3) is 0 Å². The minimum absolute atomic E-state index is 0.0768. The number of rotatable bonds is 1. The molecule has 1 amide bonds. The topological polar surface area (TPSA) is 33.2 Å². The first-order valence-corrected chi connectivity index (χ1v) is 5.58. The molecule has 1 aromatic heterocycles. The van der Waals surface area contributed by atoms with E-state index in [1.54, 1.807) is 11.1 Å². The molecule has 3 nitrogen and oxygen atoms in total. The quantitative estimate of drug-likeness (QED) is 0.765. The Labute approximate surface area is 98.8 Å². The van der Waals surface area contributed by atoms with Crippen molar-refractivity contribution in [3.8, 4) is 0 Å². The van der Waals surface area contributed by atoms with Gasteiger partial charge in [-0.1, -0.05) is 11.6 Å². The predicted molar refractivity (Wildman–Crippen MR) is 63.7 cm³/mol. The summed E-state index contributed by atoms with van der Waals surface area (Å²) in [4.78, 5) is 17.5. The minimum Gasteiger partial charge on any atom is -0.295 e. The van der Waals surface area contributed by atoms with Gasteiger partial charge in [0.15, 0.2) is 0 Å². The van der Waals surface area contributed by atoms with Crippen LogP contribution in [0, 0.1) is 6.92 Å². The van der Waals surface area contributed by atoms with E-state index in [2.05, 4.69) is 17.6 Å². The molecule has 15 heavy (non-hydrogen) atoms. The highest BCUT2D eigenvalue weighted by molar-refractivity contribution is 7.81. The summed E-state index contributed by atoms with van der Waals surface area (Å²) in [5.41, 5.74) is 0.915. The van der Waals surface area contributed by atoms with Crippen molar-refractivity contribution in [3.63, 3.8) is 0 Å². The molecule has 1 unspecified atom stereocenters. The lowest BCUT2D eigenvalue weighted by Gasteiger charge is -2.16. The summed E-state index contributed by atoms with van der Waals surface area (Å²) in [5.74, 6) is 0.772. The van der Waals surface area contributed by atoms with Gasteiger partial charge in [-0.3, -0.25) is 9.69 Å². The largest absolute Gasteiger partial charge is 0.295 e. The highest BCUT2D eigenvalue weighted by Crippen LogP contribution is 2.26. The highest BCUT2D eigenvalue weighted by atomic mass is 35.5. The Morgan fingerprint density at radius 3 is 2.93 bits per heavy atom. The summed E-state index contributed by atoms with van der Waals surface area (Å²) < 4.78 is 0. The fourth-order valence-corrected chi connectivity index (χ4v) is 2.24. The summed E-state index contributed by atoms with van der Waals surface area (Å²) in [5, 5.41) is 0.694. The van der Waals surface area contributed by atoms with Gasteiger partial charge in [-0.2, -0.15) is 12.6 Å². The average molecular weight is 243 g/mol. The van der Waals surface area contributed by atoms with Crippen molar-refractivity contribution in [1.82, 2.24) is 4.98 Å². The summed E-state index contributed by atoms with van der Waals surface area (Å²) in [7, 11) is 0. The molecule has 80 valence electrons. The van der Waals surface area contributed by atoms with Crippen LogP contribution in [0.1, 0.15) is 12.0 Å². The fourth-order valence-electron chi connectivity index (χ4n) is 1.71. The zero-order valence-corrected chi connectivity index (χ0v) is 9.92. The number of hydrogen-bond donors (Lipinski definition) is 1. The molecule has 1 aliphatic heterocycles. The van der Waals surface area contributed by atoms with Gasteiger partial charge >= 0.3 is 0 Å². The van der Waals surface area contributed by atoms with E-state index in [1.807, 2.05) is 13.0 Å². The van der Waals surface area contributed by atoms with Gasteiger partial charge in [-0.15, -0.1) is 0 Å². The molecular weight excluding hydrogens is 232 g/mol. The van der Waals surface area contributed by atoms with Gasteiger partial charge in [-0.05, 0) is 18.6 Å². The first kappa shape index (κ1) is 10.8. The molecule has 0 aliphatic carbocycles. The maximum atomic E-state index is 11.6. The third-order valence-corrected chi connectivity index (χ3v) is 2.93. The number of thiol groups is 1. The monoisotopic (exact) mass is 242 g/mol. The van der Waals surface area contributed by atoms with Crippen molar-refractivity contribution in [2.24, 2.45) is 0 Å². The average Bonchev–Trinajstić information content (AvgIpc) is 2.45. The van der Waals surface area contributed by atoms with Gasteiger partial charge in [0.2, 0.25) is 5.91 Å². The van der Waals surface area contributed by atoms with E-state index in [4.69, 9.17) is 11.6 Å². The third kappa shape index (κ3) is 2.11. The van der Waals surface area contributed by atoms with E-state index in [1.165, 1.54) is 0 Å². The van der Waals surface area contributed by atoms with E-state index in [9.17, 15) is 4.79 Å². The Bertz CT molecular complexity index is 410. The van der Waals surface area contributed by atoms with Gasteiger partial charge in [0.25, 0.3) is 0 Å². The van der Waals surface area contributed by atoms with Crippen LogP contribution in [0.2, 0.25) is 5.02 Å². The molecule has 2 heterocycles. The number of carbonyl (C=O) groups excluding carboxylic acids is 1. The summed E-state index contributed by atoms with van der Waals surface area (Å²) in [6, 6.07) is 1.81. The molecule has 0 N–H and O–H groups in total. The van der Waals surface area contributed by atoms with Crippen molar-refractivity contribution < 1.29 is 4.79 Å². The Morgan fingerprint density at radius 2 is 2.40 bits per heavy atom. The minimum atomic E-state index is 0.0768. The van der Waals surface area contributed by atoms with Crippen LogP contribution in [0.3, 0.4) is 0 Å². The zero-order valence-electron chi connectivity index (χ0n) is 8.27. The maximum absolute atomic E-state index is 11.6. The van der Waals surface area contributed by atoms with Crippen molar-refractivity contribution >= 4 is 36.0 Å². The van der Waals surface area contributed by atoms with Crippen molar-refractivity contribution in [1.29, 1.82) is 0 Å². The Morgan fingerprint density at radius 1 is 1.67 bits per heavy atom. The number of nitrogens with zero attached hydrogens (tertiary/aromatic N) is 2. The van der Waals surface area contributed by atoms with Gasteiger partial charge in [-0.25, -0.2) is 4.98 Å². The zero-order chi connectivity index (χ0) is 11.0. The summed E-state index contributed by atoms with van der Waals surface area (Å²) >= 11 is 10.1. The lowest BCUT2D eigenvalue weighted by Crippen LogP contribution is -2.26. The molecule has 0 bridgehead atoms. The summed E-state index contributed by atoms with van der Waals surface area (Å²) in [6.45, 7) is 2.52.